The molecule has 1 aromatic heterocycles. The van der Waals surface area contributed by atoms with Gasteiger partial charge in [-0.05, 0) is 45.4 Å². The molecule has 1 atom stereocenters. The SMILES string of the molecule is CCNC(=NCCCc1nnc2n1CCCCC2)NCCC(OCC)C(C)C.I. The van der Waals surface area contributed by atoms with Gasteiger partial charge in [0.15, 0.2) is 5.96 Å². The van der Waals surface area contributed by atoms with E-state index in [0.717, 1.165) is 70.3 Å². The molecule has 0 bridgehead atoms. The van der Waals surface area contributed by atoms with Gasteiger partial charge in [0, 0.05) is 45.6 Å². The van der Waals surface area contributed by atoms with E-state index in [0.29, 0.717) is 12.0 Å². The first kappa shape index (κ1) is 26.1. The van der Waals surface area contributed by atoms with E-state index in [2.05, 4.69) is 53.1 Å². The van der Waals surface area contributed by atoms with Gasteiger partial charge in [0.05, 0.1) is 6.10 Å². The quantitative estimate of drug-likeness (QED) is 0.202. The van der Waals surface area contributed by atoms with E-state index in [1.165, 1.54) is 25.1 Å². The van der Waals surface area contributed by atoms with E-state index < -0.39 is 0 Å². The number of fused-ring (bicyclic) bond motifs is 1. The molecular formula is C21H41IN6O. The summed E-state index contributed by atoms with van der Waals surface area (Å²) in [5.74, 6) is 3.71. The normalized spacial score (nSPS) is 15.4. The largest absolute Gasteiger partial charge is 0.378 e. The maximum absolute atomic E-state index is 5.82. The molecule has 1 aliphatic rings. The molecule has 8 heteroatoms. The second-order valence-electron chi connectivity index (χ2n) is 7.81. The number of guanidine groups is 1. The highest BCUT2D eigenvalue weighted by atomic mass is 127. The zero-order valence-electron chi connectivity index (χ0n) is 18.7. The summed E-state index contributed by atoms with van der Waals surface area (Å²) in [4.78, 5) is 4.73. The monoisotopic (exact) mass is 520 g/mol. The molecule has 168 valence electrons. The number of hydrogen-bond donors (Lipinski definition) is 2. The van der Waals surface area contributed by atoms with Crippen molar-refractivity contribution in [2.24, 2.45) is 10.9 Å². The van der Waals surface area contributed by atoms with Crippen LogP contribution >= 0.6 is 24.0 Å². The Hall–Kier alpha value is -0.900. The van der Waals surface area contributed by atoms with E-state index in [1.54, 1.807) is 0 Å². The first-order valence-electron chi connectivity index (χ1n) is 11.2. The smallest absolute Gasteiger partial charge is 0.191 e. The summed E-state index contributed by atoms with van der Waals surface area (Å²) in [5.41, 5.74) is 0. The van der Waals surface area contributed by atoms with Crippen molar-refractivity contribution < 1.29 is 4.74 Å². The van der Waals surface area contributed by atoms with Crippen LogP contribution in [0.15, 0.2) is 4.99 Å². The lowest BCUT2D eigenvalue weighted by Gasteiger charge is -2.21. The van der Waals surface area contributed by atoms with Crippen LogP contribution in [0.1, 0.15) is 71.4 Å². The molecule has 2 rings (SSSR count). The van der Waals surface area contributed by atoms with E-state index in [9.17, 15) is 0 Å². The Balaban J connectivity index is 0.00000420. The Labute approximate surface area is 193 Å². The minimum Gasteiger partial charge on any atom is -0.378 e. The Morgan fingerprint density at radius 2 is 2.00 bits per heavy atom. The van der Waals surface area contributed by atoms with E-state index >= 15 is 0 Å². The van der Waals surface area contributed by atoms with Crippen molar-refractivity contribution in [3.8, 4) is 0 Å². The Morgan fingerprint density at radius 1 is 1.17 bits per heavy atom. The van der Waals surface area contributed by atoms with Gasteiger partial charge < -0.3 is 19.9 Å². The first-order chi connectivity index (χ1) is 13.7. The van der Waals surface area contributed by atoms with E-state index in [1.807, 2.05) is 0 Å². The minimum atomic E-state index is 0. The molecule has 2 N–H and O–H groups in total. The van der Waals surface area contributed by atoms with Crippen LogP contribution in [0.2, 0.25) is 0 Å². The summed E-state index contributed by atoms with van der Waals surface area (Å²) in [6.45, 7) is 12.9. The maximum atomic E-state index is 5.82. The van der Waals surface area contributed by atoms with Gasteiger partial charge in [-0.1, -0.05) is 20.3 Å². The number of aromatic nitrogens is 3. The lowest BCUT2D eigenvalue weighted by atomic mass is 10.0. The van der Waals surface area contributed by atoms with Gasteiger partial charge in [0.25, 0.3) is 0 Å². The molecule has 0 saturated heterocycles. The van der Waals surface area contributed by atoms with Crippen molar-refractivity contribution in [1.29, 1.82) is 0 Å². The molecule has 0 saturated carbocycles. The predicted octanol–water partition coefficient (Wildman–Crippen LogP) is 3.56. The van der Waals surface area contributed by atoms with Crippen LogP contribution in [-0.4, -0.2) is 53.1 Å². The van der Waals surface area contributed by atoms with Gasteiger partial charge in [-0.3, -0.25) is 4.99 Å². The molecule has 1 aromatic rings. The van der Waals surface area contributed by atoms with Crippen LogP contribution in [0.25, 0.3) is 0 Å². The predicted molar refractivity (Wildman–Crippen MR) is 130 cm³/mol. The average Bonchev–Trinajstić information content (AvgIpc) is 2.90. The summed E-state index contributed by atoms with van der Waals surface area (Å²) >= 11 is 0. The molecule has 29 heavy (non-hydrogen) atoms. The van der Waals surface area contributed by atoms with Gasteiger partial charge >= 0.3 is 0 Å². The second kappa shape index (κ2) is 15.0. The summed E-state index contributed by atoms with van der Waals surface area (Å²) in [7, 11) is 0. The Bertz CT molecular complexity index is 590. The summed E-state index contributed by atoms with van der Waals surface area (Å²) < 4.78 is 8.16. The maximum Gasteiger partial charge on any atom is 0.191 e. The number of aliphatic imine (C=N–C) groups is 1. The van der Waals surface area contributed by atoms with Crippen molar-refractivity contribution in [1.82, 2.24) is 25.4 Å². The Morgan fingerprint density at radius 3 is 2.72 bits per heavy atom. The number of halogens is 1. The van der Waals surface area contributed by atoms with Crippen molar-refractivity contribution >= 4 is 29.9 Å². The molecule has 0 radical (unpaired) electrons. The van der Waals surface area contributed by atoms with Gasteiger partial charge in [-0.15, -0.1) is 34.2 Å². The molecule has 0 amide bonds. The first-order valence-corrected chi connectivity index (χ1v) is 11.2. The molecule has 7 nitrogen and oxygen atoms in total. The van der Waals surface area contributed by atoms with Gasteiger partial charge in [-0.2, -0.15) is 0 Å². The summed E-state index contributed by atoms with van der Waals surface area (Å²) in [6.07, 6.45) is 8.05. The third-order valence-corrected chi connectivity index (χ3v) is 5.20. The highest BCUT2D eigenvalue weighted by Crippen LogP contribution is 2.15. The topological polar surface area (TPSA) is 76.4 Å². The van der Waals surface area contributed by atoms with Crippen molar-refractivity contribution in [3.05, 3.63) is 11.6 Å². The summed E-state index contributed by atoms with van der Waals surface area (Å²) in [6, 6.07) is 0. The molecule has 0 aromatic carbocycles. The fourth-order valence-electron chi connectivity index (χ4n) is 3.66. The van der Waals surface area contributed by atoms with Crippen LogP contribution in [-0.2, 0) is 24.1 Å². The lowest BCUT2D eigenvalue weighted by molar-refractivity contribution is 0.0258. The van der Waals surface area contributed by atoms with Crippen LogP contribution in [0.4, 0.5) is 0 Å². The number of nitrogens with zero attached hydrogens (tertiary/aromatic N) is 4. The fourth-order valence-corrected chi connectivity index (χ4v) is 3.66. The van der Waals surface area contributed by atoms with Crippen LogP contribution in [0.5, 0.6) is 0 Å². The number of rotatable bonds is 11. The van der Waals surface area contributed by atoms with Crippen LogP contribution in [0.3, 0.4) is 0 Å². The minimum absolute atomic E-state index is 0. The molecule has 1 aliphatic heterocycles. The molecule has 0 fully saturated rings. The van der Waals surface area contributed by atoms with E-state index in [4.69, 9.17) is 9.73 Å². The molecule has 1 unspecified atom stereocenters. The average molecular weight is 521 g/mol. The fraction of sp³-hybridized carbons (Fsp3) is 0.857. The highest BCUT2D eigenvalue weighted by molar-refractivity contribution is 14.0. The van der Waals surface area contributed by atoms with Crippen molar-refractivity contribution in [3.63, 3.8) is 0 Å². The second-order valence-corrected chi connectivity index (χ2v) is 7.81. The number of ether oxygens (including phenoxy) is 1. The van der Waals surface area contributed by atoms with Gasteiger partial charge in [0.2, 0.25) is 0 Å². The lowest BCUT2D eigenvalue weighted by Crippen LogP contribution is -2.39. The van der Waals surface area contributed by atoms with Crippen molar-refractivity contribution in [2.45, 2.75) is 85.3 Å². The van der Waals surface area contributed by atoms with Gasteiger partial charge in [0.1, 0.15) is 11.6 Å². The van der Waals surface area contributed by atoms with Gasteiger partial charge in [-0.25, -0.2) is 0 Å². The zero-order chi connectivity index (χ0) is 20.2. The number of aryl methyl sites for hydroxylation is 2. The van der Waals surface area contributed by atoms with Crippen LogP contribution in [0, 0.1) is 5.92 Å². The zero-order valence-corrected chi connectivity index (χ0v) is 21.1. The number of nitrogens with one attached hydrogen (secondary N) is 2. The molecule has 2 heterocycles. The summed E-state index contributed by atoms with van der Waals surface area (Å²) in [5, 5.41) is 15.6. The van der Waals surface area contributed by atoms with Crippen molar-refractivity contribution in [2.75, 3.05) is 26.2 Å². The molecule has 0 aliphatic carbocycles. The molecule has 0 spiro atoms. The number of hydrogen-bond acceptors (Lipinski definition) is 4. The third-order valence-electron chi connectivity index (χ3n) is 5.20. The van der Waals surface area contributed by atoms with Crippen LogP contribution < -0.4 is 10.6 Å². The Kier molecular flexibility index (Phi) is 13.5. The third kappa shape index (κ3) is 9.19. The molecular weight excluding hydrogens is 479 g/mol. The standard InChI is InChI=1S/C21H40N6O.HI/c1-5-22-21(24-15-13-18(17(3)4)28-6-2)23-14-10-12-20-26-25-19-11-8-7-9-16-27(19)20;/h17-18H,5-16H2,1-4H3,(H2,22,23,24);1H. The highest BCUT2D eigenvalue weighted by Gasteiger charge is 2.14. The van der Waals surface area contributed by atoms with E-state index in [-0.39, 0.29) is 24.0 Å².